The minimum absolute atomic E-state index is 0.0495. The standard InChI is InChI=1S/C14H19BrN2O2/c1-8(2)13-14(19)16-11(7-18)5-9-3-4-10(15)6-12(9)17-13/h3-4,6,8,11,13,17-18H,5,7H2,1-2H3,(H,16,19)/t11-,13-/m0/s1. The summed E-state index contributed by atoms with van der Waals surface area (Å²) in [5.74, 6) is 0.115. The second kappa shape index (κ2) is 5.92. The summed E-state index contributed by atoms with van der Waals surface area (Å²) in [4.78, 5) is 12.2. The molecule has 1 aliphatic heterocycles. The van der Waals surface area contributed by atoms with Crippen molar-refractivity contribution in [2.45, 2.75) is 32.4 Å². The molecule has 0 radical (unpaired) electrons. The number of fused-ring (bicyclic) bond motifs is 1. The summed E-state index contributed by atoms with van der Waals surface area (Å²) in [6, 6.07) is 5.46. The molecule has 1 aliphatic rings. The first-order valence-electron chi connectivity index (χ1n) is 6.47. The summed E-state index contributed by atoms with van der Waals surface area (Å²) in [6.07, 6.45) is 0.628. The zero-order valence-corrected chi connectivity index (χ0v) is 12.7. The molecular weight excluding hydrogens is 308 g/mol. The molecule has 0 aromatic heterocycles. The van der Waals surface area contributed by atoms with E-state index in [9.17, 15) is 9.90 Å². The molecule has 2 rings (SSSR count). The van der Waals surface area contributed by atoms with Gasteiger partial charge >= 0.3 is 0 Å². The molecule has 3 N–H and O–H groups in total. The van der Waals surface area contributed by atoms with Crippen LogP contribution in [0.1, 0.15) is 19.4 Å². The van der Waals surface area contributed by atoms with Gasteiger partial charge in [-0.1, -0.05) is 35.8 Å². The molecule has 0 saturated heterocycles. The number of aliphatic hydroxyl groups excluding tert-OH is 1. The summed E-state index contributed by atoms with van der Waals surface area (Å²) >= 11 is 3.45. The van der Waals surface area contributed by atoms with Crippen LogP contribution < -0.4 is 10.6 Å². The van der Waals surface area contributed by atoms with Crippen LogP contribution in [0.5, 0.6) is 0 Å². The number of halogens is 1. The highest BCUT2D eigenvalue weighted by molar-refractivity contribution is 9.10. The van der Waals surface area contributed by atoms with Gasteiger partial charge in [-0.15, -0.1) is 0 Å². The molecule has 5 heteroatoms. The number of amides is 1. The van der Waals surface area contributed by atoms with Gasteiger partial charge in [0.1, 0.15) is 6.04 Å². The Morgan fingerprint density at radius 1 is 1.42 bits per heavy atom. The molecule has 1 aromatic carbocycles. The number of anilines is 1. The highest BCUT2D eigenvalue weighted by atomic mass is 79.9. The Morgan fingerprint density at radius 3 is 2.79 bits per heavy atom. The number of hydrogen-bond donors (Lipinski definition) is 3. The van der Waals surface area contributed by atoms with Crippen molar-refractivity contribution in [3.8, 4) is 0 Å². The fourth-order valence-corrected chi connectivity index (χ4v) is 2.64. The van der Waals surface area contributed by atoms with Crippen LogP contribution in [0.4, 0.5) is 5.69 Å². The van der Waals surface area contributed by atoms with Gasteiger partial charge in [-0.2, -0.15) is 0 Å². The van der Waals surface area contributed by atoms with Crippen molar-refractivity contribution in [2.75, 3.05) is 11.9 Å². The van der Waals surface area contributed by atoms with E-state index < -0.39 is 0 Å². The lowest BCUT2D eigenvalue weighted by Gasteiger charge is -2.30. The first-order valence-corrected chi connectivity index (χ1v) is 7.26. The Hall–Kier alpha value is -1.07. The Kier molecular flexibility index (Phi) is 4.47. The smallest absolute Gasteiger partial charge is 0.243 e. The van der Waals surface area contributed by atoms with Crippen LogP contribution >= 0.6 is 15.9 Å². The molecular formula is C14H19BrN2O2. The van der Waals surface area contributed by atoms with Gasteiger partial charge in [-0.25, -0.2) is 0 Å². The fourth-order valence-electron chi connectivity index (χ4n) is 2.28. The number of hydrogen-bond acceptors (Lipinski definition) is 3. The second-order valence-corrected chi connectivity index (χ2v) is 6.18. The molecule has 0 unspecified atom stereocenters. The highest BCUT2D eigenvalue weighted by Crippen LogP contribution is 2.26. The van der Waals surface area contributed by atoms with E-state index in [1.807, 2.05) is 32.0 Å². The number of benzene rings is 1. The van der Waals surface area contributed by atoms with Crippen molar-refractivity contribution in [1.29, 1.82) is 0 Å². The summed E-state index contributed by atoms with van der Waals surface area (Å²) < 4.78 is 0.975. The summed E-state index contributed by atoms with van der Waals surface area (Å²) in [6.45, 7) is 3.96. The van der Waals surface area contributed by atoms with Crippen LogP contribution in [0.3, 0.4) is 0 Å². The lowest BCUT2D eigenvalue weighted by atomic mass is 9.97. The highest BCUT2D eigenvalue weighted by Gasteiger charge is 2.27. The second-order valence-electron chi connectivity index (χ2n) is 5.26. The van der Waals surface area contributed by atoms with Crippen LogP contribution in [-0.4, -0.2) is 29.7 Å². The minimum atomic E-state index is -0.289. The molecule has 1 aromatic rings. The Morgan fingerprint density at radius 2 is 2.16 bits per heavy atom. The third kappa shape index (κ3) is 3.28. The maximum absolute atomic E-state index is 12.2. The first kappa shape index (κ1) is 14.3. The van der Waals surface area contributed by atoms with E-state index in [0.29, 0.717) is 6.42 Å². The van der Waals surface area contributed by atoms with Crippen LogP contribution in [0.2, 0.25) is 0 Å². The normalized spacial score (nSPS) is 23.1. The largest absolute Gasteiger partial charge is 0.394 e. The molecule has 0 spiro atoms. The van der Waals surface area contributed by atoms with Crippen molar-refractivity contribution in [2.24, 2.45) is 5.92 Å². The maximum atomic E-state index is 12.2. The Balaban J connectivity index is 2.39. The lowest BCUT2D eigenvalue weighted by molar-refractivity contribution is -0.123. The van der Waals surface area contributed by atoms with Crippen molar-refractivity contribution in [3.63, 3.8) is 0 Å². The summed E-state index contributed by atoms with van der Waals surface area (Å²) in [5, 5.41) is 15.6. The van der Waals surface area contributed by atoms with Crippen molar-refractivity contribution < 1.29 is 9.90 Å². The van der Waals surface area contributed by atoms with E-state index in [2.05, 4.69) is 26.6 Å². The minimum Gasteiger partial charge on any atom is -0.394 e. The van der Waals surface area contributed by atoms with Crippen LogP contribution in [0.25, 0.3) is 0 Å². The van der Waals surface area contributed by atoms with Gasteiger partial charge < -0.3 is 15.7 Å². The van der Waals surface area contributed by atoms with Crippen LogP contribution in [0, 0.1) is 5.92 Å². The Labute approximate surface area is 121 Å². The monoisotopic (exact) mass is 326 g/mol. The average molecular weight is 327 g/mol. The summed E-state index contributed by atoms with van der Waals surface area (Å²) in [7, 11) is 0. The third-order valence-corrected chi connectivity index (χ3v) is 3.86. The molecule has 104 valence electrons. The predicted molar refractivity (Wildman–Crippen MR) is 79.1 cm³/mol. The molecule has 0 fully saturated rings. The molecule has 1 heterocycles. The van der Waals surface area contributed by atoms with Gasteiger partial charge in [0.2, 0.25) is 5.91 Å². The van der Waals surface area contributed by atoms with E-state index >= 15 is 0 Å². The quantitative estimate of drug-likeness (QED) is 0.778. The van der Waals surface area contributed by atoms with E-state index in [4.69, 9.17) is 0 Å². The van der Waals surface area contributed by atoms with Crippen molar-refractivity contribution in [3.05, 3.63) is 28.2 Å². The van der Waals surface area contributed by atoms with Gasteiger partial charge in [0, 0.05) is 10.2 Å². The van der Waals surface area contributed by atoms with Crippen molar-refractivity contribution >= 4 is 27.5 Å². The lowest BCUT2D eigenvalue weighted by Crippen LogP contribution is -2.50. The van der Waals surface area contributed by atoms with E-state index in [-0.39, 0.29) is 30.5 Å². The van der Waals surface area contributed by atoms with E-state index in [0.717, 1.165) is 15.7 Å². The molecule has 0 saturated carbocycles. The first-order chi connectivity index (χ1) is 9.01. The third-order valence-electron chi connectivity index (χ3n) is 3.37. The van der Waals surface area contributed by atoms with Crippen molar-refractivity contribution in [1.82, 2.24) is 5.32 Å². The van der Waals surface area contributed by atoms with Gasteiger partial charge in [0.15, 0.2) is 0 Å². The van der Waals surface area contributed by atoms with Crippen LogP contribution in [-0.2, 0) is 11.2 Å². The zero-order chi connectivity index (χ0) is 14.0. The maximum Gasteiger partial charge on any atom is 0.243 e. The van der Waals surface area contributed by atoms with Crippen LogP contribution in [0.15, 0.2) is 22.7 Å². The zero-order valence-electron chi connectivity index (χ0n) is 11.1. The molecule has 2 atom stereocenters. The topological polar surface area (TPSA) is 61.4 Å². The van der Waals surface area contributed by atoms with Gasteiger partial charge in [-0.3, -0.25) is 4.79 Å². The Bertz CT molecular complexity index is 477. The molecule has 4 nitrogen and oxygen atoms in total. The van der Waals surface area contributed by atoms with Gasteiger partial charge in [-0.05, 0) is 30.0 Å². The number of rotatable bonds is 2. The fraction of sp³-hybridized carbons (Fsp3) is 0.500. The number of aliphatic hydroxyl groups is 1. The number of carbonyl (C=O) groups is 1. The average Bonchev–Trinajstić information content (AvgIpc) is 2.34. The van der Waals surface area contributed by atoms with E-state index in [1.54, 1.807) is 0 Å². The number of carbonyl (C=O) groups excluding carboxylic acids is 1. The van der Waals surface area contributed by atoms with Gasteiger partial charge in [0.05, 0.1) is 12.6 Å². The van der Waals surface area contributed by atoms with E-state index in [1.165, 1.54) is 0 Å². The predicted octanol–water partition coefficient (Wildman–Crippen LogP) is 1.92. The molecule has 19 heavy (non-hydrogen) atoms. The molecule has 1 amide bonds. The molecule has 0 aliphatic carbocycles. The number of nitrogens with one attached hydrogen (secondary N) is 2. The van der Waals surface area contributed by atoms with Gasteiger partial charge in [0.25, 0.3) is 0 Å². The summed E-state index contributed by atoms with van der Waals surface area (Å²) in [5.41, 5.74) is 2.06. The molecule has 0 bridgehead atoms. The SMILES string of the molecule is CC(C)[C@@H]1Nc2cc(Br)ccc2C[C@@H](CO)NC1=O.